The van der Waals surface area contributed by atoms with Gasteiger partial charge in [0, 0.05) is 22.2 Å². The molecule has 6 nitrogen and oxygen atoms in total. The Hall–Kier alpha value is -2.80. The van der Waals surface area contributed by atoms with Crippen molar-refractivity contribution in [3.63, 3.8) is 0 Å². The number of amides is 2. The molecule has 0 radical (unpaired) electrons. The molecular formula is C18H17BrN2O4. The molecule has 2 amide bonds. The van der Waals surface area contributed by atoms with E-state index in [1.54, 1.807) is 24.3 Å². The number of hydrogen-bond donors (Lipinski definition) is 2. The van der Waals surface area contributed by atoms with E-state index in [-0.39, 0.29) is 0 Å². The third-order valence-electron chi connectivity index (χ3n) is 3.19. The molecule has 0 fully saturated rings. The Morgan fingerprint density at radius 3 is 2.28 bits per heavy atom. The van der Waals surface area contributed by atoms with E-state index in [1.807, 2.05) is 24.3 Å². The topological polar surface area (TPSA) is 76.7 Å². The van der Waals surface area contributed by atoms with Crippen molar-refractivity contribution < 1.29 is 19.1 Å². The number of carbonyl (C=O) groups is 2. The molecule has 0 aliphatic carbocycles. The maximum Gasteiger partial charge on any atom is 0.269 e. The van der Waals surface area contributed by atoms with Gasteiger partial charge in [-0.3, -0.25) is 20.4 Å². The number of rotatable bonds is 5. The SMILES string of the molecule is COc1cc(OC)cc(C(=O)NNC(=O)C=Cc2cccc(Br)c2)c1. The van der Waals surface area contributed by atoms with E-state index >= 15 is 0 Å². The quantitative estimate of drug-likeness (QED) is 0.593. The summed E-state index contributed by atoms with van der Waals surface area (Å²) in [4.78, 5) is 23.9. The van der Waals surface area contributed by atoms with Crippen molar-refractivity contribution in [2.24, 2.45) is 0 Å². The summed E-state index contributed by atoms with van der Waals surface area (Å²) in [6.07, 6.45) is 2.97. The van der Waals surface area contributed by atoms with Gasteiger partial charge in [-0.15, -0.1) is 0 Å². The van der Waals surface area contributed by atoms with Crippen molar-refractivity contribution in [1.29, 1.82) is 0 Å². The molecule has 0 atom stereocenters. The second-order valence-corrected chi connectivity index (χ2v) is 5.85. The molecular weight excluding hydrogens is 388 g/mol. The highest BCUT2D eigenvalue weighted by molar-refractivity contribution is 9.10. The highest BCUT2D eigenvalue weighted by Crippen LogP contribution is 2.22. The minimum atomic E-state index is -0.485. The standard InChI is InChI=1S/C18H17BrN2O4/c1-24-15-9-13(10-16(11-15)25-2)18(23)21-20-17(22)7-6-12-4-3-5-14(19)8-12/h3-11H,1-2H3,(H,20,22)(H,21,23). The Bertz CT molecular complexity index is 783. The summed E-state index contributed by atoms with van der Waals surface area (Å²) in [5.41, 5.74) is 5.81. The van der Waals surface area contributed by atoms with E-state index in [2.05, 4.69) is 26.8 Å². The molecule has 25 heavy (non-hydrogen) atoms. The van der Waals surface area contributed by atoms with Crippen molar-refractivity contribution in [3.8, 4) is 11.5 Å². The van der Waals surface area contributed by atoms with Gasteiger partial charge >= 0.3 is 0 Å². The van der Waals surface area contributed by atoms with Gasteiger partial charge in [0.15, 0.2) is 0 Å². The van der Waals surface area contributed by atoms with E-state index in [0.29, 0.717) is 17.1 Å². The first-order valence-corrected chi connectivity index (χ1v) is 8.08. The van der Waals surface area contributed by atoms with E-state index in [1.165, 1.54) is 20.3 Å². The lowest BCUT2D eigenvalue weighted by atomic mass is 10.2. The second-order valence-electron chi connectivity index (χ2n) is 4.93. The van der Waals surface area contributed by atoms with E-state index < -0.39 is 11.8 Å². The fraction of sp³-hybridized carbons (Fsp3) is 0.111. The Morgan fingerprint density at radius 2 is 1.68 bits per heavy atom. The van der Waals surface area contributed by atoms with Crippen molar-refractivity contribution >= 4 is 33.8 Å². The van der Waals surface area contributed by atoms with Crippen LogP contribution in [0.2, 0.25) is 0 Å². The van der Waals surface area contributed by atoms with Crippen LogP contribution in [0, 0.1) is 0 Å². The largest absolute Gasteiger partial charge is 0.497 e. The highest BCUT2D eigenvalue weighted by Gasteiger charge is 2.10. The number of hydrazine groups is 1. The van der Waals surface area contributed by atoms with Crippen LogP contribution in [-0.4, -0.2) is 26.0 Å². The molecule has 0 saturated carbocycles. The predicted octanol–water partition coefficient (Wildman–Crippen LogP) is 2.94. The lowest BCUT2D eigenvalue weighted by molar-refractivity contribution is -0.117. The average molecular weight is 405 g/mol. The third kappa shape index (κ3) is 5.65. The van der Waals surface area contributed by atoms with Gasteiger partial charge in [0.1, 0.15) is 11.5 Å². The monoisotopic (exact) mass is 404 g/mol. The summed E-state index contributed by atoms with van der Waals surface area (Å²) in [5, 5.41) is 0. The van der Waals surface area contributed by atoms with E-state index in [9.17, 15) is 9.59 Å². The van der Waals surface area contributed by atoms with Gasteiger partial charge < -0.3 is 9.47 Å². The van der Waals surface area contributed by atoms with Gasteiger partial charge in [-0.1, -0.05) is 28.1 Å². The number of benzene rings is 2. The molecule has 0 aliphatic heterocycles. The van der Waals surface area contributed by atoms with Crippen LogP contribution in [0.4, 0.5) is 0 Å². The van der Waals surface area contributed by atoms with Gasteiger partial charge in [-0.05, 0) is 35.9 Å². The van der Waals surface area contributed by atoms with Crippen LogP contribution in [-0.2, 0) is 4.79 Å². The normalized spacial score (nSPS) is 10.4. The molecule has 7 heteroatoms. The molecule has 0 aromatic heterocycles. The van der Waals surface area contributed by atoms with Crippen LogP contribution in [0.25, 0.3) is 6.08 Å². The predicted molar refractivity (Wildman–Crippen MR) is 98.3 cm³/mol. The average Bonchev–Trinajstić information content (AvgIpc) is 2.63. The van der Waals surface area contributed by atoms with Crippen molar-refractivity contribution in [1.82, 2.24) is 10.9 Å². The molecule has 2 rings (SSSR count). The van der Waals surface area contributed by atoms with Gasteiger partial charge in [0.25, 0.3) is 11.8 Å². The Balaban J connectivity index is 1.96. The minimum Gasteiger partial charge on any atom is -0.497 e. The summed E-state index contributed by atoms with van der Waals surface area (Å²) in [6, 6.07) is 12.2. The zero-order valence-electron chi connectivity index (χ0n) is 13.7. The molecule has 2 aromatic rings. The molecule has 0 spiro atoms. The highest BCUT2D eigenvalue weighted by atomic mass is 79.9. The smallest absolute Gasteiger partial charge is 0.269 e. The van der Waals surface area contributed by atoms with Gasteiger partial charge in [-0.25, -0.2) is 0 Å². The fourth-order valence-corrected chi connectivity index (χ4v) is 2.37. The summed E-state index contributed by atoms with van der Waals surface area (Å²) < 4.78 is 11.1. The molecule has 130 valence electrons. The maximum absolute atomic E-state index is 12.1. The number of carbonyl (C=O) groups excluding carboxylic acids is 2. The van der Waals surface area contributed by atoms with Crippen molar-refractivity contribution in [2.45, 2.75) is 0 Å². The van der Waals surface area contributed by atoms with Crippen molar-refractivity contribution in [2.75, 3.05) is 14.2 Å². The zero-order valence-corrected chi connectivity index (χ0v) is 15.3. The molecule has 0 bridgehead atoms. The fourth-order valence-electron chi connectivity index (χ4n) is 1.95. The number of nitrogens with one attached hydrogen (secondary N) is 2. The summed E-state index contributed by atoms with van der Waals surface area (Å²) >= 11 is 3.36. The number of ether oxygens (including phenoxy) is 2. The molecule has 0 aliphatic rings. The Morgan fingerprint density at radius 1 is 1.00 bits per heavy atom. The lowest BCUT2D eigenvalue weighted by Crippen LogP contribution is -2.40. The van der Waals surface area contributed by atoms with Crippen molar-refractivity contribution in [3.05, 3.63) is 64.1 Å². The lowest BCUT2D eigenvalue weighted by Gasteiger charge is -2.09. The maximum atomic E-state index is 12.1. The van der Waals surface area contributed by atoms with Crippen LogP contribution in [0.3, 0.4) is 0 Å². The summed E-state index contributed by atoms with van der Waals surface area (Å²) in [7, 11) is 2.98. The first kappa shape index (κ1) is 18.5. The first-order valence-electron chi connectivity index (χ1n) is 7.29. The Kier molecular flexibility index (Phi) is 6.59. The molecule has 0 unspecified atom stereocenters. The number of methoxy groups -OCH3 is 2. The van der Waals surface area contributed by atoms with E-state index in [0.717, 1.165) is 10.0 Å². The minimum absolute atomic E-state index is 0.299. The molecule has 0 saturated heterocycles. The van der Waals surface area contributed by atoms with Crippen LogP contribution in [0.1, 0.15) is 15.9 Å². The van der Waals surface area contributed by atoms with Gasteiger partial charge in [0.05, 0.1) is 14.2 Å². The molecule has 2 N–H and O–H groups in total. The second kappa shape index (κ2) is 8.89. The number of halogens is 1. The third-order valence-corrected chi connectivity index (χ3v) is 3.68. The van der Waals surface area contributed by atoms with E-state index in [4.69, 9.17) is 9.47 Å². The summed E-state index contributed by atoms with van der Waals surface area (Å²) in [6.45, 7) is 0. The van der Waals surface area contributed by atoms with Crippen LogP contribution < -0.4 is 20.3 Å². The zero-order chi connectivity index (χ0) is 18.2. The Labute approximate surface area is 153 Å². The summed E-state index contributed by atoms with van der Waals surface area (Å²) in [5.74, 6) is 0.0142. The first-order chi connectivity index (χ1) is 12.0. The van der Waals surface area contributed by atoms with Gasteiger partial charge in [-0.2, -0.15) is 0 Å². The molecule has 0 heterocycles. The van der Waals surface area contributed by atoms with Gasteiger partial charge in [0.2, 0.25) is 0 Å². The number of hydrogen-bond acceptors (Lipinski definition) is 4. The molecule has 2 aromatic carbocycles. The van der Waals surface area contributed by atoms with Crippen LogP contribution in [0.5, 0.6) is 11.5 Å². The van der Waals surface area contributed by atoms with Crippen LogP contribution >= 0.6 is 15.9 Å². The van der Waals surface area contributed by atoms with Crippen LogP contribution in [0.15, 0.2) is 53.0 Å².